The number of imidazole rings is 1. The van der Waals surface area contributed by atoms with Crippen LogP contribution in [0.3, 0.4) is 0 Å². The highest BCUT2D eigenvalue weighted by Gasteiger charge is 2.47. The summed E-state index contributed by atoms with van der Waals surface area (Å²) in [7, 11) is 4.95. The molecule has 6 heterocycles. The number of carbonyl (C=O) groups excluding carboxylic acids is 18. The number of hydrogen-bond acceptors (Lipinski definition) is 25. The monoisotopic (exact) mass is 1900 g/mol. The van der Waals surface area contributed by atoms with E-state index in [1.165, 1.54) is 72.0 Å². The number of para-hydroxylation sites is 2. The van der Waals surface area contributed by atoms with Crippen molar-refractivity contribution in [1.29, 1.82) is 0 Å². The van der Waals surface area contributed by atoms with Gasteiger partial charge in [0.15, 0.2) is 0 Å². The Morgan fingerprint density at radius 1 is 0.548 bits per heavy atom. The number of aliphatic hydroxyl groups excluding tert-OH is 2. The number of rotatable bonds is 26. The van der Waals surface area contributed by atoms with Crippen LogP contribution in [0.1, 0.15) is 113 Å². The quantitative estimate of drug-likeness (QED) is 0.0241. The summed E-state index contributed by atoms with van der Waals surface area (Å²) in [6.07, 6.45) is -0.837. The molecule has 47 heteroatoms. The van der Waals surface area contributed by atoms with E-state index in [9.17, 15) is 73.2 Å². The number of carboxylic acid groups (broad SMARTS) is 1. The first-order chi connectivity index (χ1) is 64.3. The van der Waals surface area contributed by atoms with E-state index in [1.54, 1.807) is 67.8 Å². The lowest BCUT2D eigenvalue weighted by Crippen LogP contribution is -2.62. The van der Waals surface area contributed by atoms with Crippen molar-refractivity contribution in [3.63, 3.8) is 0 Å². The van der Waals surface area contributed by atoms with E-state index in [1.807, 2.05) is 0 Å². The van der Waals surface area contributed by atoms with E-state index in [0.29, 0.717) is 56.7 Å². The molecule has 0 bridgehead atoms. The zero-order valence-corrected chi connectivity index (χ0v) is 76.3. The van der Waals surface area contributed by atoms with Gasteiger partial charge in [0.25, 0.3) is 0 Å². The summed E-state index contributed by atoms with van der Waals surface area (Å²) in [5.41, 5.74) is 19.3. The molecule has 0 saturated carbocycles. The third kappa shape index (κ3) is 29.0. The van der Waals surface area contributed by atoms with E-state index >= 15 is 38.4 Å². The van der Waals surface area contributed by atoms with Crippen LogP contribution in [0, 0.1) is 0 Å². The molecule has 3 aromatic heterocycles. The van der Waals surface area contributed by atoms with E-state index in [4.69, 9.17) is 21.9 Å². The second-order valence-corrected chi connectivity index (χ2v) is 34.5. The third-order valence-corrected chi connectivity index (χ3v) is 24.7. The van der Waals surface area contributed by atoms with Gasteiger partial charge in [-0.3, -0.25) is 91.1 Å². The van der Waals surface area contributed by atoms with Gasteiger partial charge in [0.05, 0.1) is 43.5 Å². The molecule has 23 N–H and O–H groups in total. The number of thioether (sulfide) groups is 1. The Balaban J connectivity index is 1.10. The molecular formula is C88H118N22O24S. The van der Waals surface area contributed by atoms with Crippen LogP contribution in [0.4, 0.5) is 0 Å². The molecule has 0 aliphatic carbocycles. The number of H-pyrrole nitrogens is 3. The number of aromatic hydroxyl groups is 1. The Kier molecular flexibility index (Phi) is 38.4. The van der Waals surface area contributed by atoms with Gasteiger partial charge in [0, 0.05) is 145 Å². The van der Waals surface area contributed by atoms with Gasteiger partial charge in [-0.1, -0.05) is 68.3 Å². The van der Waals surface area contributed by atoms with Crippen molar-refractivity contribution in [2.24, 2.45) is 17.2 Å². The number of phenolic OH excluding ortho intramolecular Hbond substituents is 1. The molecule has 3 aromatic carbocycles. The Labute approximate surface area is 779 Å². The average Bonchev–Trinajstić information content (AvgIpc) is 1.60. The number of aromatic amines is 3. The first-order valence-corrected chi connectivity index (χ1v) is 45.1. The Hall–Kier alpha value is -14.1. The number of methoxy groups -OCH3 is 1. The van der Waals surface area contributed by atoms with Crippen LogP contribution in [0.15, 0.2) is 97.7 Å². The Morgan fingerprint density at radius 3 is 1.70 bits per heavy atom. The number of nitrogens with zero attached hydrogens (tertiary/aromatic N) is 6. The Bertz CT molecular complexity index is 5290. The predicted molar refractivity (Wildman–Crippen MR) is 483 cm³/mol. The molecule has 18 amide bonds. The third-order valence-electron chi connectivity index (χ3n) is 23.7. The smallest absolute Gasteiger partial charge is 0.303 e. The summed E-state index contributed by atoms with van der Waals surface area (Å²) in [5.74, 6) is -21.5. The number of phenols is 1. The molecule has 6 aromatic rings. The second-order valence-electron chi connectivity index (χ2n) is 33.4. The number of fused-ring (bicyclic) bond motifs is 4. The number of carbonyl (C=O) groups is 19. The number of carboxylic acids is 1. The van der Waals surface area contributed by atoms with Crippen LogP contribution in [0.25, 0.3) is 21.8 Å². The van der Waals surface area contributed by atoms with Crippen molar-refractivity contribution >= 4 is 146 Å². The van der Waals surface area contributed by atoms with Gasteiger partial charge in [0.2, 0.25) is 106 Å². The molecule has 15 atom stereocenters. The van der Waals surface area contributed by atoms with Crippen LogP contribution in [-0.2, 0) is 122 Å². The number of primary amides is 3. The fraction of sp³-hybridized carbons (Fsp3) is 0.500. The number of nitrogens with one attached hydrogen (secondary N) is 13. The van der Waals surface area contributed by atoms with Crippen molar-refractivity contribution in [2.75, 3.05) is 72.6 Å². The number of benzene rings is 3. The number of amides is 18. The lowest BCUT2D eigenvalue weighted by atomic mass is 10.0. The van der Waals surface area contributed by atoms with Gasteiger partial charge in [0.1, 0.15) is 90.3 Å². The van der Waals surface area contributed by atoms with Crippen LogP contribution < -0.4 is 70.4 Å². The van der Waals surface area contributed by atoms with Gasteiger partial charge in [-0.25, -0.2) is 4.98 Å². The number of aromatic nitrogens is 4. The van der Waals surface area contributed by atoms with E-state index in [0.717, 1.165) is 24.5 Å². The predicted octanol–water partition coefficient (Wildman–Crippen LogP) is -5.26. The minimum Gasteiger partial charge on any atom is -0.508 e. The highest BCUT2D eigenvalue weighted by atomic mass is 32.2. The largest absolute Gasteiger partial charge is 0.508 e. The summed E-state index contributed by atoms with van der Waals surface area (Å²) in [6, 6.07) is -4.46. The summed E-state index contributed by atoms with van der Waals surface area (Å²) in [4.78, 5) is 292. The molecular weight excluding hydrogens is 1780 g/mol. The maximum atomic E-state index is 15.7. The number of unbranched alkanes of at least 4 members (excludes halogenated alkanes) is 1. The maximum Gasteiger partial charge on any atom is 0.303 e. The second kappa shape index (κ2) is 49.6. The number of aliphatic carboxylic acids is 1. The normalized spacial score (nSPS) is 24.7. The molecule has 3 saturated heterocycles. The van der Waals surface area contributed by atoms with Crippen LogP contribution in [0.2, 0.25) is 0 Å². The number of ether oxygens (including phenoxy) is 1. The fourth-order valence-corrected chi connectivity index (χ4v) is 17.1. The Morgan fingerprint density at radius 2 is 1.10 bits per heavy atom. The van der Waals surface area contributed by atoms with Crippen molar-refractivity contribution in [3.8, 4) is 5.75 Å². The van der Waals surface area contributed by atoms with E-state index in [2.05, 4.69) is 73.1 Å². The SMILES string of the molecule is CCCC[C@H]1C(=O)N[C@@H](CCC(=O)O)C(=O)N[C@H](C(=O)NCC(N)=O)CSCC(=O)N[C@@H](Cc2ccc(O)cc2)C(=O)N(C)[C@@H](C)C(=O)N[C@H](CC(N)=O)C(=O)N2CCC[C@H]2C(=O)N[C@@H](Cc2c[nH]cn2)C(=O)N[C@@H](CCC(N)=O)C(=O)N2C[C@H](O)C[C@H]2C(=O)N[C@@H](Cc2c[nH]c3ccccc23)C(=O)N[C@@H](CO)C(=O)N[C@@H](Cc2c[nH]c3ccccc23)C(=O)N(C)[C@@H](CCOC)C(=O)N1C. The van der Waals surface area contributed by atoms with Crippen molar-refractivity contribution in [1.82, 2.24) is 97.6 Å². The molecule has 3 fully saturated rings. The van der Waals surface area contributed by atoms with Crippen molar-refractivity contribution in [3.05, 3.63) is 120 Å². The molecule has 135 heavy (non-hydrogen) atoms. The van der Waals surface area contributed by atoms with Crippen molar-refractivity contribution in [2.45, 2.75) is 207 Å². The van der Waals surface area contributed by atoms with Gasteiger partial charge in [-0.05, 0) is 80.0 Å². The molecule has 0 spiro atoms. The van der Waals surface area contributed by atoms with E-state index in [-0.39, 0.29) is 76.0 Å². The summed E-state index contributed by atoms with van der Waals surface area (Å²) < 4.78 is 5.46. The number of aliphatic hydroxyl groups is 2. The molecule has 46 nitrogen and oxygen atoms in total. The highest BCUT2D eigenvalue weighted by Crippen LogP contribution is 2.28. The summed E-state index contributed by atoms with van der Waals surface area (Å²) >= 11 is 0.686. The average molecular weight is 1900 g/mol. The lowest BCUT2D eigenvalue weighted by Gasteiger charge is -2.36. The number of likely N-dealkylation sites (N-methyl/N-ethyl adjacent to an activating group) is 3. The molecule has 0 unspecified atom stereocenters. The molecule has 0 radical (unpaired) electrons. The maximum absolute atomic E-state index is 15.7. The van der Waals surface area contributed by atoms with Gasteiger partial charge >= 0.3 is 5.97 Å². The standard InChI is InChI=1S/C88H118N22O24S/c1-7-8-18-66-81(126)98-57(25-27-74(118)119)77(122)105-65(76(121)95-40-72(91)116)43-135-44-73(117)97-61(31-47-20-22-51(112)23-21-47)84(129)106(3)46(2)75(120)102-63(36-71(90)115)87(132)109-29-13-19-67(109)82(127)101-60(34-50-39-92-45-96-50)79(124)99-58(24-26-70(89)114)86(131)110-41-52(113)35-69(110)83(128)100-59(32-48-37-93-55-16-11-9-14-53(48)55)78(123)104-64(42-111)80(125)103-62(33-49-38-94-56-17-12-10-15-54(49)56)85(130)108(5)68(28-30-134-6)88(133)107(66)4/h9-12,14-17,20-23,37-39,45-46,52,57-69,93-94,111-113H,7-8,13,18-19,24-36,40-44H2,1-6H3,(H2,89,114)(H2,90,115)(H2,91,116)(H,92,96)(H,95,121)(H,97,117)(H,98,126)(H,99,124)(H,100,128)(H,101,127)(H,102,120)(H,103,125)(H,104,123)(H,105,122)(H,118,119)/t46-,52+,57-,58-,59-,60-,61-,62-,63+,64-,65-,66-,67-,68-,69-/m0/s1. The van der Waals surface area contributed by atoms with Gasteiger partial charge in [-0.15, -0.1) is 11.8 Å². The minimum atomic E-state index is -1.97. The minimum absolute atomic E-state index is 0.0813. The zero-order chi connectivity index (χ0) is 98.6. The molecule has 730 valence electrons. The number of nitrogens with two attached hydrogens (primary N) is 3. The van der Waals surface area contributed by atoms with Gasteiger partial charge in [-0.2, -0.15) is 0 Å². The van der Waals surface area contributed by atoms with Crippen LogP contribution in [-0.4, -0.2) is 340 Å². The summed E-state index contributed by atoms with van der Waals surface area (Å²) in [5, 5.41) is 69.3. The topological polar surface area (TPSA) is 689 Å². The molecule has 3 aliphatic heterocycles. The molecule has 3 aliphatic rings. The van der Waals surface area contributed by atoms with Crippen LogP contribution >= 0.6 is 11.8 Å². The van der Waals surface area contributed by atoms with Crippen LogP contribution in [0.5, 0.6) is 5.75 Å². The first-order valence-electron chi connectivity index (χ1n) is 44.0. The number of hydrogen-bond donors (Lipinski definition) is 20. The lowest BCUT2D eigenvalue weighted by molar-refractivity contribution is -0.150. The first kappa shape index (κ1) is 105. The fourth-order valence-electron chi connectivity index (χ4n) is 16.2. The van der Waals surface area contributed by atoms with Gasteiger partial charge < -0.3 is 135 Å². The van der Waals surface area contributed by atoms with Crippen molar-refractivity contribution < 1.29 is 116 Å². The molecule has 9 rings (SSSR count). The summed E-state index contributed by atoms with van der Waals surface area (Å²) in [6.45, 7) is 0.0603. The highest BCUT2D eigenvalue weighted by molar-refractivity contribution is 8.00. The zero-order valence-electron chi connectivity index (χ0n) is 75.4. The van der Waals surface area contributed by atoms with E-state index < -0.39 is 279 Å².